The third kappa shape index (κ3) is 5.62. The first-order valence-electron chi connectivity index (χ1n) is 8.02. The Bertz CT molecular complexity index is 1130. The van der Waals surface area contributed by atoms with Gasteiger partial charge in [-0.3, -0.25) is 23.2 Å². The number of phosphoric acid groups is 1. The summed E-state index contributed by atoms with van der Waals surface area (Å²) in [5, 5.41) is 20.1. The topological polar surface area (TPSA) is 266 Å². The molecule has 1 fully saturated rings. The predicted octanol–water partition coefficient (Wildman–Crippen LogP) is -3.48. The van der Waals surface area contributed by atoms with Gasteiger partial charge in [0.2, 0.25) is 3.82 Å². The highest BCUT2D eigenvalue weighted by Crippen LogP contribution is 2.74. The largest absolute Gasteiger partial charge is 0.808 e. The van der Waals surface area contributed by atoms with Crippen LogP contribution in [0.15, 0.2) is 15.8 Å². The lowest BCUT2D eigenvalue weighted by atomic mass is 10.1. The van der Waals surface area contributed by atoms with E-state index in [1.165, 1.54) is 6.92 Å². The molecular weight excluding hydrogens is 548 g/mol. The van der Waals surface area contributed by atoms with E-state index in [-0.39, 0.29) is 5.56 Å². The summed E-state index contributed by atoms with van der Waals surface area (Å²) in [6, 6.07) is 0. The summed E-state index contributed by atoms with van der Waals surface area (Å²) in [4.78, 5) is 70.4. The van der Waals surface area contributed by atoms with Crippen LogP contribution in [0.2, 0.25) is 0 Å². The van der Waals surface area contributed by atoms with Gasteiger partial charge in [0.15, 0.2) is 13.8 Å². The van der Waals surface area contributed by atoms with Gasteiger partial charge in [-0.15, -0.1) is 0 Å². The Morgan fingerprint density at radius 1 is 1.19 bits per heavy atom. The number of halogens is 2. The van der Waals surface area contributed by atoms with Crippen LogP contribution in [-0.2, 0) is 27.3 Å². The van der Waals surface area contributed by atoms with Crippen LogP contribution in [-0.4, -0.2) is 48.5 Å². The Morgan fingerprint density at radius 2 is 1.75 bits per heavy atom. The molecule has 16 nitrogen and oxygen atoms in total. The van der Waals surface area contributed by atoms with E-state index in [4.69, 9.17) is 27.9 Å². The fourth-order valence-electron chi connectivity index (χ4n) is 2.39. The molecule has 0 saturated carbocycles. The highest BCUT2D eigenvalue weighted by molar-refractivity contribution is 7.79. The summed E-state index contributed by atoms with van der Waals surface area (Å²) in [5.41, 5.74) is -1.75. The van der Waals surface area contributed by atoms with Crippen molar-refractivity contribution in [3.63, 3.8) is 0 Å². The zero-order valence-electron chi connectivity index (χ0n) is 15.4. The van der Waals surface area contributed by atoms with Crippen molar-refractivity contribution in [3.8, 4) is 0 Å². The molecule has 2 unspecified atom stereocenters. The standard InChI is InChI=1S/C11H17Cl2N2O14P3/c1-4-2-15(10(19)14-8(4)18)9-7(17)6(16)5(28-9)3-27-32(25,26)29-31(23,24)11(12,13)30(20,21)22/h2,5-7,9,16-17H,3H2,1H3,(H,23,24)(H,25,26)(H,14,18,19)(H2,20,21,22)/p-4/t5-,6-,7-,9-/m1/s1. The first kappa shape index (κ1) is 27.8. The van der Waals surface area contributed by atoms with Crippen LogP contribution in [0.3, 0.4) is 0 Å². The van der Waals surface area contributed by atoms with Crippen LogP contribution < -0.4 is 30.8 Å². The van der Waals surface area contributed by atoms with Crippen molar-refractivity contribution >= 4 is 46.2 Å². The van der Waals surface area contributed by atoms with Crippen LogP contribution in [0, 0.1) is 6.92 Å². The van der Waals surface area contributed by atoms with Gasteiger partial charge in [0.1, 0.15) is 18.3 Å². The van der Waals surface area contributed by atoms with E-state index in [1.54, 1.807) is 0 Å². The van der Waals surface area contributed by atoms with Crippen molar-refractivity contribution in [1.29, 1.82) is 0 Å². The van der Waals surface area contributed by atoms with E-state index in [2.05, 4.69) is 8.83 Å². The molecule has 1 aromatic rings. The number of aliphatic hydroxyl groups excluding tert-OH is 2. The van der Waals surface area contributed by atoms with E-state index >= 15 is 0 Å². The van der Waals surface area contributed by atoms with Gasteiger partial charge in [0, 0.05) is 11.8 Å². The lowest BCUT2D eigenvalue weighted by Gasteiger charge is -2.47. The molecule has 0 radical (unpaired) electrons. The van der Waals surface area contributed by atoms with Crippen molar-refractivity contribution < 1.29 is 57.1 Å². The van der Waals surface area contributed by atoms with Gasteiger partial charge >= 0.3 is 5.69 Å². The molecule has 6 atom stereocenters. The normalized spacial score (nSPS) is 28.3. The number of rotatable bonds is 8. The Hall–Kier alpha value is -0.410. The Kier molecular flexibility index (Phi) is 8.11. The average molecular weight is 561 g/mol. The molecule has 1 aromatic heterocycles. The smallest absolute Gasteiger partial charge is 0.330 e. The molecule has 0 spiro atoms. The highest BCUT2D eigenvalue weighted by atomic mass is 35.5. The maximum atomic E-state index is 11.9. The molecule has 1 aliphatic rings. The van der Waals surface area contributed by atoms with Gasteiger partial charge < -0.3 is 48.2 Å². The maximum absolute atomic E-state index is 11.9. The molecule has 0 bridgehead atoms. The van der Waals surface area contributed by atoms with Gasteiger partial charge in [-0.25, -0.2) is 4.79 Å². The van der Waals surface area contributed by atoms with Crippen LogP contribution in [0.25, 0.3) is 0 Å². The molecule has 1 aliphatic heterocycles. The minimum Gasteiger partial charge on any atom is -0.808 e. The van der Waals surface area contributed by atoms with E-state index in [1.807, 2.05) is 4.98 Å². The summed E-state index contributed by atoms with van der Waals surface area (Å²) in [5.74, 6) is 0. The molecule has 0 aliphatic carbocycles. The lowest BCUT2D eigenvalue weighted by molar-refractivity contribution is -0.315. The van der Waals surface area contributed by atoms with Crippen LogP contribution >= 0.6 is 46.2 Å². The fraction of sp³-hybridized carbons (Fsp3) is 0.636. The number of aryl methyl sites for hydroxylation is 1. The third-order valence-corrected chi connectivity index (χ3v) is 11.4. The van der Waals surface area contributed by atoms with Crippen molar-refractivity contribution in [2.75, 3.05) is 6.61 Å². The second kappa shape index (κ2) is 9.33. The second-order valence-corrected chi connectivity index (χ2v) is 14.2. The van der Waals surface area contributed by atoms with Crippen molar-refractivity contribution in [3.05, 3.63) is 32.6 Å². The molecule has 2 heterocycles. The van der Waals surface area contributed by atoms with E-state index < -0.39 is 69.2 Å². The Balaban J connectivity index is 2.15. The second-order valence-electron chi connectivity index (χ2n) is 6.35. The average Bonchev–Trinajstić information content (AvgIpc) is 2.89. The van der Waals surface area contributed by atoms with Crippen molar-refractivity contribution in [2.45, 2.75) is 35.3 Å². The third-order valence-electron chi connectivity index (χ3n) is 4.02. The molecule has 3 N–H and O–H groups in total. The number of phosphoric ester groups is 1. The monoisotopic (exact) mass is 560 g/mol. The zero-order valence-corrected chi connectivity index (χ0v) is 19.6. The van der Waals surface area contributed by atoms with Gasteiger partial charge in [-0.05, 0) is 14.5 Å². The van der Waals surface area contributed by atoms with Gasteiger partial charge in [-0.1, -0.05) is 23.2 Å². The van der Waals surface area contributed by atoms with Gasteiger partial charge in [0.25, 0.3) is 13.4 Å². The maximum Gasteiger partial charge on any atom is 0.330 e. The number of alkyl halides is 2. The Labute approximate surface area is 187 Å². The van der Waals surface area contributed by atoms with Gasteiger partial charge in [0.05, 0.1) is 6.61 Å². The minimum absolute atomic E-state index is 0.0258. The molecule has 0 aromatic carbocycles. The van der Waals surface area contributed by atoms with E-state index in [0.29, 0.717) is 4.57 Å². The van der Waals surface area contributed by atoms with Gasteiger partial charge in [-0.2, -0.15) is 0 Å². The Morgan fingerprint density at radius 3 is 2.28 bits per heavy atom. The number of nitrogens with one attached hydrogen (secondary N) is 1. The van der Waals surface area contributed by atoms with Crippen LogP contribution in [0.5, 0.6) is 0 Å². The number of aliphatic hydroxyl groups is 2. The molecule has 184 valence electrons. The summed E-state index contributed by atoms with van der Waals surface area (Å²) in [6.07, 6.45) is -6.06. The number of aromatic amines is 1. The molecule has 21 heteroatoms. The quantitative estimate of drug-likeness (QED) is 0.206. The number of aromatic nitrogens is 2. The number of H-pyrrole nitrogens is 1. The molecule has 2 rings (SSSR count). The first-order chi connectivity index (χ1) is 14.3. The van der Waals surface area contributed by atoms with Crippen LogP contribution in [0.4, 0.5) is 0 Å². The summed E-state index contributed by atoms with van der Waals surface area (Å²) in [6.45, 7) is 0.104. The fourth-order valence-corrected chi connectivity index (χ4v) is 6.44. The summed E-state index contributed by atoms with van der Waals surface area (Å²) < 4.78 is 43.7. The van der Waals surface area contributed by atoms with E-state index in [0.717, 1.165) is 6.20 Å². The summed E-state index contributed by atoms with van der Waals surface area (Å²) >= 11 is 9.82. The minimum atomic E-state index is -6.34. The number of nitrogens with zero attached hydrogens (tertiary/aromatic N) is 1. The number of hydrogen-bond acceptors (Lipinski definition) is 14. The number of hydrogen-bond donors (Lipinski definition) is 3. The van der Waals surface area contributed by atoms with Crippen LogP contribution in [0.1, 0.15) is 11.8 Å². The molecular formula is C11H13Cl2N2O14P3-4. The molecule has 1 saturated heterocycles. The van der Waals surface area contributed by atoms with Crippen molar-refractivity contribution in [2.24, 2.45) is 0 Å². The van der Waals surface area contributed by atoms with Crippen molar-refractivity contribution in [1.82, 2.24) is 9.55 Å². The molecule has 32 heavy (non-hydrogen) atoms. The van der Waals surface area contributed by atoms with E-state index in [9.17, 15) is 53.1 Å². The number of ether oxygens (including phenoxy) is 1. The molecule has 0 amide bonds. The summed E-state index contributed by atoms with van der Waals surface area (Å²) in [7, 11) is -18.6. The predicted molar refractivity (Wildman–Crippen MR) is 96.3 cm³/mol. The SMILES string of the molecule is Cc1cn([C@@H]2O[C@H](COP(=O)([O-])OP(=O)([O-])C(Cl)(Cl)P(=O)([O-])[O-])[C@@H](O)[C@H]2O)c(=O)[nH]c1=O. The first-order valence-corrected chi connectivity index (χ1v) is 13.3. The zero-order chi connectivity index (χ0) is 24.9. The highest BCUT2D eigenvalue weighted by Gasteiger charge is 2.46. The lowest BCUT2D eigenvalue weighted by Crippen LogP contribution is -2.38.